The number of H-pyrrole nitrogens is 1. The minimum absolute atomic E-state index is 0.0431. The Balaban J connectivity index is 1.74. The molecule has 0 unspecified atom stereocenters. The largest absolute Gasteiger partial charge is 0.496 e. The molecule has 1 aliphatic heterocycles. The number of carbonyl (C=O) groups is 1. The van der Waals surface area contributed by atoms with E-state index >= 15 is 0 Å². The van der Waals surface area contributed by atoms with Crippen molar-refractivity contribution in [1.29, 1.82) is 5.26 Å². The second kappa shape index (κ2) is 5.67. The summed E-state index contributed by atoms with van der Waals surface area (Å²) in [6, 6.07) is 11.4. The van der Waals surface area contributed by atoms with Crippen LogP contribution >= 0.6 is 0 Å². The first kappa shape index (κ1) is 15.3. The van der Waals surface area contributed by atoms with Gasteiger partial charge in [-0.25, -0.2) is 0 Å². The highest BCUT2D eigenvalue weighted by atomic mass is 16.5. The van der Waals surface area contributed by atoms with Crippen molar-refractivity contribution in [2.75, 3.05) is 7.11 Å². The summed E-state index contributed by atoms with van der Waals surface area (Å²) in [5.41, 5.74) is 5.25. The van der Waals surface area contributed by atoms with Crippen LogP contribution in [0, 0.1) is 18.3 Å². The predicted molar refractivity (Wildman–Crippen MR) is 94.3 cm³/mol. The molecule has 1 amide bonds. The molecule has 0 saturated heterocycles. The highest BCUT2D eigenvalue weighted by Crippen LogP contribution is 2.34. The Morgan fingerprint density at radius 2 is 2.16 bits per heavy atom. The number of aromatic nitrogens is 1. The van der Waals surface area contributed by atoms with E-state index in [1.807, 2.05) is 31.3 Å². The molecule has 3 aromatic rings. The SMILES string of the molecule is COc1cc(C)c2[nH]ccc2c1CN1Cc2ccc(C#N)cc2C1=O. The van der Waals surface area contributed by atoms with E-state index in [-0.39, 0.29) is 5.91 Å². The summed E-state index contributed by atoms with van der Waals surface area (Å²) in [7, 11) is 1.65. The number of amides is 1. The molecule has 0 spiro atoms. The molecule has 0 atom stereocenters. The Morgan fingerprint density at radius 3 is 2.92 bits per heavy atom. The summed E-state index contributed by atoms with van der Waals surface area (Å²) in [6.45, 7) is 3.04. The fourth-order valence-corrected chi connectivity index (χ4v) is 3.53. The highest BCUT2D eigenvalue weighted by molar-refractivity contribution is 5.99. The number of aryl methyl sites for hydroxylation is 1. The topological polar surface area (TPSA) is 69.1 Å². The van der Waals surface area contributed by atoms with E-state index in [9.17, 15) is 4.79 Å². The number of benzene rings is 2. The monoisotopic (exact) mass is 331 g/mol. The van der Waals surface area contributed by atoms with Crippen LogP contribution < -0.4 is 4.74 Å². The average molecular weight is 331 g/mol. The van der Waals surface area contributed by atoms with Crippen molar-refractivity contribution in [1.82, 2.24) is 9.88 Å². The van der Waals surface area contributed by atoms with Crippen LogP contribution in [0.3, 0.4) is 0 Å². The van der Waals surface area contributed by atoms with Gasteiger partial charge in [-0.05, 0) is 42.3 Å². The van der Waals surface area contributed by atoms with Gasteiger partial charge in [-0.3, -0.25) is 4.79 Å². The fraction of sp³-hybridized carbons (Fsp3) is 0.200. The molecule has 0 bridgehead atoms. The van der Waals surface area contributed by atoms with E-state index in [0.29, 0.717) is 24.2 Å². The number of hydrogen-bond donors (Lipinski definition) is 1. The third-order valence-corrected chi connectivity index (χ3v) is 4.80. The molecule has 1 aliphatic rings. The van der Waals surface area contributed by atoms with Crippen molar-refractivity contribution in [3.8, 4) is 11.8 Å². The number of ether oxygens (including phenoxy) is 1. The average Bonchev–Trinajstić information content (AvgIpc) is 3.23. The molecule has 5 nitrogen and oxygen atoms in total. The highest BCUT2D eigenvalue weighted by Gasteiger charge is 2.29. The minimum Gasteiger partial charge on any atom is -0.496 e. The maximum Gasteiger partial charge on any atom is 0.254 e. The van der Waals surface area contributed by atoms with E-state index in [2.05, 4.69) is 11.1 Å². The molecule has 0 radical (unpaired) electrons. The van der Waals surface area contributed by atoms with Crippen LogP contribution in [0.25, 0.3) is 10.9 Å². The number of carbonyl (C=O) groups excluding carboxylic acids is 1. The lowest BCUT2D eigenvalue weighted by molar-refractivity contribution is 0.0766. The van der Waals surface area contributed by atoms with Crippen LogP contribution in [-0.2, 0) is 13.1 Å². The van der Waals surface area contributed by atoms with Gasteiger partial charge in [-0.1, -0.05) is 6.07 Å². The van der Waals surface area contributed by atoms with Crippen LogP contribution in [0.4, 0.5) is 0 Å². The Hall–Kier alpha value is -3.26. The van der Waals surface area contributed by atoms with Gasteiger partial charge in [0.25, 0.3) is 5.91 Å². The summed E-state index contributed by atoms with van der Waals surface area (Å²) >= 11 is 0. The first-order chi connectivity index (χ1) is 12.1. The van der Waals surface area contributed by atoms with Gasteiger partial charge in [-0.15, -0.1) is 0 Å². The lowest BCUT2D eigenvalue weighted by Gasteiger charge is -2.19. The van der Waals surface area contributed by atoms with Gasteiger partial charge in [0, 0.05) is 34.8 Å². The van der Waals surface area contributed by atoms with Crippen molar-refractivity contribution in [3.63, 3.8) is 0 Å². The van der Waals surface area contributed by atoms with Crippen molar-refractivity contribution >= 4 is 16.8 Å². The Labute approximate surface area is 145 Å². The zero-order valence-corrected chi connectivity index (χ0v) is 14.1. The molecule has 124 valence electrons. The summed E-state index contributed by atoms with van der Waals surface area (Å²) in [5.74, 6) is 0.740. The van der Waals surface area contributed by atoms with Crippen LogP contribution in [-0.4, -0.2) is 22.9 Å². The van der Waals surface area contributed by atoms with E-state index in [1.165, 1.54) is 0 Å². The number of nitrogens with one attached hydrogen (secondary N) is 1. The molecular weight excluding hydrogens is 314 g/mol. The number of aromatic amines is 1. The molecule has 2 aromatic carbocycles. The van der Waals surface area contributed by atoms with Gasteiger partial charge in [0.15, 0.2) is 0 Å². The number of hydrogen-bond acceptors (Lipinski definition) is 3. The van der Waals surface area contributed by atoms with Crippen LogP contribution in [0.5, 0.6) is 5.75 Å². The van der Waals surface area contributed by atoms with Gasteiger partial charge in [0.05, 0.1) is 25.3 Å². The zero-order chi connectivity index (χ0) is 17.6. The summed E-state index contributed by atoms with van der Waals surface area (Å²) < 4.78 is 5.57. The first-order valence-corrected chi connectivity index (χ1v) is 8.08. The zero-order valence-electron chi connectivity index (χ0n) is 14.1. The third-order valence-electron chi connectivity index (χ3n) is 4.80. The van der Waals surface area contributed by atoms with Gasteiger partial charge < -0.3 is 14.6 Å². The molecular formula is C20H17N3O2. The molecule has 2 heterocycles. The molecule has 4 rings (SSSR count). The maximum absolute atomic E-state index is 12.8. The Bertz CT molecular complexity index is 1040. The summed E-state index contributed by atoms with van der Waals surface area (Å²) in [5, 5.41) is 10.1. The van der Waals surface area contributed by atoms with Gasteiger partial charge in [-0.2, -0.15) is 5.26 Å². The van der Waals surface area contributed by atoms with Crippen molar-refractivity contribution < 1.29 is 9.53 Å². The molecule has 0 aliphatic carbocycles. The van der Waals surface area contributed by atoms with Crippen LogP contribution in [0.2, 0.25) is 0 Å². The fourth-order valence-electron chi connectivity index (χ4n) is 3.53. The summed E-state index contributed by atoms with van der Waals surface area (Å²) in [6.07, 6.45) is 1.90. The van der Waals surface area contributed by atoms with Gasteiger partial charge in [0.1, 0.15) is 5.75 Å². The van der Waals surface area contributed by atoms with E-state index in [0.717, 1.165) is 33.3 Å². The van der Waals surface area contributed by atoms with Gasteiger partial charge >= 0.3 is 0 Å². The number of nitrogens with zero attached hydrogens (tertiary/aromatic N) is 2. The number of rotatable bonds is 3. The van der Waals surface area contributed by atoms with Crippen LogP contribution in [0.15, 0.2) is 36.5 Å². The second-order valence-corrected chi connectivity index (χ2v) is 6.29. The van der Waals surface area contributed by atoms with Gasteiger partial charge in [0.2, 0.25) is 0 Å². The Kier molecular flexibility index (Phi) is 3.47. The molecule has 25 heavy (non-hydrogen) atoms. The molecule has 1 aromatic heterocycles. The third kappa shape index (κ3) is 2.34. The molecule has 1 N–H and O–H groups in total. The van der Waals surface area contributed by atoms with E-state index in [4.69, 9.17) is 10.00 Å². The smallest absolute Gasteiger partial charge is 0.254 e. The number of fused-ring (bicyclic) bond motifs is 2. The molecule has 0 fully saturated rings. The summed E-state index contributed by atoms with van der Waals surface area (Å²) in [4.78, 5) is 17.8. The Morgan fingerprint density at radius 1 is 1.32 bits per heavy atom. The lowest BCUT2D eigenvalue weighted by Crippen LogP contribution is -2.23. The quantitative estimate of drug-likeness (QED) is 0.798. The normalized spacial score (nSPS) is 13.2. The first-order valence-electron chi connectivity index (χ1n) is 8.08. The number of methoxy groups -OCH3 is 1. The second-order valence-electron chi connectivity index (χ2n) is 6.29. The standard InChI is InChI=1S/C20H17N3O2/c1-12-7-18(25-2)17(15-5-6-22-19(12)15)11-23-10-14-4-3-13(9-21)8-16(14)20(23)24/h3-8,22H,10-11H2,1-2H3. The lowest BCUT2D eigenvalue weighted by atomic mass is 10.0. The molecule has 0 saturated carbocycles. The molecule has 5 heteroatoms. The van der Waals surface area contributed by atoms with Crippen molar-refractivity contribution in [3.05, 3.63) is 64.3 Å². The van der Waals surface area contributed by atoms with E-state index in [1.54, 1.807) is 24.1 Å². The van der Waals surface area contributed by atoms with Crippen molar-refractivity contribution in [2.24, 2.45) is 0 Å². The van der Waals surface area contributed by atoms with Crippen molar-refractivity contribution in [2.45, 2.75) is 20.0 Å². The van der Waals surface area contributed by atoms with E-state index < -0.39 is 0 Å². The predicted octanol–water partition coefficient (Wildman–Crippen LogP) is 3.51. The number of nitriles is 1. The maximum atomic E-state index is 12.8. The van der Waals surface area contributed by atoms with Crippen LogP contribution in [0.1, 0.15) is 32.6 Å². The minimum atomic E-state index is -0.0431.